The third kappa shape index (κ3) is 1.40. The Hall–Kier alpha value is -0.260. The second kappa shape index (κ2) is 3.37. The molecule has 2 fully saturated rings. The molecule has 2 bridgehead atoms. The summed E-state index contributed by atoms with van der Waals surface area (Å²) in [5.74, 6) is 0.572. The van der Waals surface area contributed by atoms with Gasteiger partial charge in [0.15, 0.2) is 0 Å². The van der Waals surface area contributed by atoms with E-state index in [-0.39, 0.29) is 17.8 Å². The van der Waals surface area contributed by atoms with E-state index in [2.05, 4.69) is 4.18 Å². The smallest absolute Gasteiger partial charge is 0.142 e. The van der Waals surface area contributed by atoms with E-state index in [9.17, 15) is 13.6 Å². The molecule has 4 nitrogen and oxygen atoms in total. The molecule has 2 aliphatic carbocycles. The van der Waals surface area contributed by atoms with Crippen molar-refractivity contribution in [3.05, 3.63) is 0 Å². The number of fused-ring (bicyclic) bond motifs is 2. The van der Waals surface area contributed by atoms with Gasteiger partial charge in [-0.15, -0.1) is 0 Å². The van der Waals surface area contributed by atoms with Crippen LogP contribution in [0.25, 0.3) is 0 Å². The molecule has 0 aromatic heterocycles. The Morgan fingerprint density at radius 2 is 2.27 bits per heavy atom. The van der Waals surface area contributed by atoms with Crippen LogP contribution in [0, 0.1) is 16.7 Å². The van der Waals surface area contributed by atoms with Crippen molar-refractivity contribution in [1.29, 1.82) is 0 Å². The average molecular weight is 231 g/mol. The first kappa shape index (κ1) is 11.2. The Kier molecular flexibility index (Phi) is 2.52. The molecule has 0 spiro atoms. The predicted octanol–water partition coefficient (Wildman–Crippen LogP) is 1.19. The van der Waals surface area contributed by atoms with Gasteiger partial charge in [-0.2, -0.15) is 0 Å². The van der Waals surface area contributed by atoms with Crippen molar-refractivity contribution in [2.24, 2.45) is 16.7 Å². The van der Waals surface area contributed by atoms with Crippen LogP contribution in [0.3, 0.4) is 0 Å². The monoisotopic (exact) mass is 231 g/mol. The van der Waals surface area contributed by atoms with E-state index in [0.29, 0.717) is 12.3 Å². The number of ketones is 1. The van der Waals surface area contributed by atoms with Gasteiger partial charge in [-0.3, -0.25) is 8.98 Å². The third-order valence-corrected chi connectivity index (χ3v) is 4.85. The lowest BCUT2D eigenvalue weighted by molar-refractivity contribution is -0.131. The van der Waals surface area contributed by atoms with E-state index in [1.807, 2.05) is 13.8 Å². The van der Waals surface area contributed by atoms with Crippen LogP contribution in [0.2, 0.25) is 0 Å². The van der Waals surface area contributed by atoms with Gasteiger partial charge in [-0.1, -0.05) is 13.8 Å². The van der Waals surface area contributed by atoms with Crippen molar-refractivity contribution in [3.63, 3.8) is 0 Å². The van der Waals surface area contributed by atoms with Gasteiger partial charge >= 0.3 is 0 Å². The summed E-state index contributed by atoms with van der Waals surface area (Å²) in [6.45, 7) is 4.12. The summed E-state index contributed by atoms with van der Waals surface area (Å²) in [5, 5.41) is 0. The Morgan fingerprint density at radius 1 is 1.60 bits per heavy atom. The van der Waals surface area contributed by atoms with Gasteiger partial charge in [-0.25, -0.2) is 4.21 Å². The minimum Gasteiger partial charge on any atom is -0.750 e. The number of Topliss-reactive ketones (excluding diaryl/α,β-unsaturated/α-hetero) is 1. The lowest BCUT2D eigenvalue weighted by Gasteiger charge is -2.36. The van der Waals surface area contributed by atoms with Crippen LogP contribution in [0.5, 0.6) is 0 Å². The maximum absolute atomic E-state index is 11.9. The zero-order valence-corrected chi connectivity index (χ0v) is 9.76. The molecule has 0 aromatic carbocycles. The van der Waals surface area contributed by atoms with Crippen molar-refractivity contribution in [2.45, 2.75) is 33.1 Å². The van der Waals surface area contributed by atoms with Crippen LogP contribution in [0.15, 0.2) is 0 Å². The van der Waals surface area contributed by atoms with Crippen molar-refractivity contribution >= 4 is 17.1 Å². The molecule has 0 aliphatic heterocycles. The molecule has 0 heterocycles. The van der Waals surface area contributed by atoms with Gasteiger partial charge in [0, 0.05) is 6.42 Å². The minimum atomic E-state index is -2.52. The Morgan fingerprint density at radius 3 is 2.67 bits per heavy atom. The normalized spacial score (nSPS) is 39.7. The molecule has 0 aromatic rings. The highest BCUT2D eigenvalue weighted by molar-refractivity contribution is 7.74. The molecule has 86 valence electrons. The fourth-order valence-corrected chi connectivity index (χ4v) is 3.55. The van der Waals surface area contributed by atoms with E-state index in [1.165, 1.54) is 0 Å². The third-order valence-electron chi connectivity index (χ3n) is 4.54. The van der Waals surface area contributed by atoms with Gasteiger partial charge in [0.2, 0.25) is 0 Å². The standard InChI is InChI=1S/C10H16O4S/c1-9(2)7-3-4-10(9,8(11)5-7)6-14-15(12)13/h7H,3-6H2,1-2H3,(H,12,13)/p-1. The van der Waals surface area contributed by atoms with Gasteiger partial charge < -0.3 is 4.55 Å². The van der Waals surface area contributed by atoms with Gasteiger partial charge in [-0.05, 0) is 24.2 Å². The molecule has 5 heteroatoms. The number of hydrogen-bond acceptors (Lipinski definition) is 4. The van der Waals surface area contributed by atoms with Crippen LogP contribution < -0.4 is 0 Å². The summed E-state index contributed by atoms with van der Waals surface area (Å²) in [6, 6.07) is 0. The maximum atomic E-state index is 11.9. The quantitative estimate of drug-likeness (QED) is 0.684. The minimum absolute atomic E-state index is 0.0193. The Bertz CT molecular complexity index is 325. The summed E-state index contributed by atoms with van der Waals surface area (Å²) in [5.41, 5.74) is -0.679. The molecule has 15 heavy (non-hydrogen) atoms. The van der Waals surface area contributed by atoms with Crippen LogP contribution in [-0.2, 0) is 20.3 Å². The van der Waals surface area contributed by atoms with E-state index >= 15 is 0 Å². The Labute approximate surface area is 91.9 Å². The van der Waals surface area contributed by atoms with Gasteiger partial charge in [0.25, 0.3) is 0 Å². The average Bonchev–Trinajstić information content (AvgIpc) is 2.47. The largest absolute Gasteiger partial charge is 0.750 e. The number of carbonyl (C=O) groups is 1. The topological polar surface area (TPSA) is 66.4 Å². The molecular weight excluding hydrogens is 216 g/mol. The van der Waals surface area contributed by atoms with Crippen molar-refractivity contribution in [2.75, 3.05) is 6.61 Å². The molecule has 2 rings (SSSR count). The van der Waals surface area contributed by atoms with Crippen molar-refractivity contribution in [3.8, 4) is 0 Å². The molecule has 0 radical (unpaired) electrons. The highest BCUT2D eigenvalue weighted by Crippen LogP contribution is 2.63. The highest BCUT2D eigenvalue weighted by Gasteiger charge is 2.64. The molecule has 0 saturated heterocycles. The molecule has 2 aliphatic rings. The van der Waals surface area contributed by atoms with E-state index in [1.54, 1.807) is 0 Å². The molecule has 3 atom stereocenters. The second-order valence-electron chi connectivity index (χ2n) is 5.13. The number of carbonyl (C=O) groups excluding carboxylic acids is 1. The molecule has 0 N–H and O–H groups in total. The summed E-state index contributed by atoms with van der Waals surface area (Å²) in [4.78, 5) is 11.9. The molecule has 0 amide bonds. The summed E-state index contributed by atoms with van der Waals surface area (Å²) >= 11 is -2.52. The van der Waals surface area contributed by atoms with E-state index in [0.717, 1.165) is 12.8 Å². The summed E-state index contributed by atoms with van der Waals surface area (Å²) in [7, 11) is 0. The van der Waals surface area contributed by atoms with Crippen LogP contribution in [-0.4, -0.2) is 21.2 Å². The van der Waals surface area contributed by atoms with Crippen molar-refractivity contribution < 1.29 is 17.7 Å². The fraction of sp³-hybridized carbons (Fsp3) is 0.900. The first-order valence-corrected chi connectivity index (χ1v) is 6.16. The van der Waals surface area contributed by atoms with Crippen LogP contribution >= 0.6 is 0 Å². The number of rotatable bonds is 3. The Balaban J connectivity index is 2.24. The predicted molar refractivity (Wildman–Crippen MR) is 53.4 cm³/mol. The maximum Gasteiger partial charge on any atom is 0.142 e. The van der Waals surface area contributed by atoms with Crippen LogP contribution in [0.1, 0.15) is 33.1 Å². The van der Waals surface area contributed by atoms with E-state index < -0.39 is 16.8 Å². The summed E-state index contributed by atoms with van der Waals surface area (Å²) in [6.07, 6.45) is 2.36. The zero-order valence-electron chi connectivity index (χ0n) is 8.95. The first-order valence-electron chi connectivity index (χ1n) is 5.16. The molecule has 3 unspecified atom stereocenters. The van der Waals surface area contributed by atoms with Crippen molar-refractivity contribution in [1.82, 2.24) is 0 Å². The van der Waals surface area contributed by atoms with Gasteiger partial charge in [0.05, 0.1) is 23.4 Å². The lowest BCUT2D eigenvalue weighted by Crippen LogP contribution is -2.40. The van der Waals surface area contributed by atoms with Gasteiger partial charge in [0.1, 0.15) is 5.78 Å². The van der Waals surface area contributed by atoms with Crippen LogP contribution in [0.4, 0.5) is 0 Å². The molecular formula is C10H15O4S-. The highest BCUT2D eigenvalue weighted by atomic mass is 32.2. The second-order valence-corrected chi connectivity index (χ2v) is 5.78. The zero-order chi connectivity index (χ0) is 11.3. The number of hydrogen-bond donors (Lipinski definition) is 0. The first-order chi connectivity index (χ1) is 6.90. The van der Waals surface area contributed by atoms with E-state index in [4.69, 9.17) is 0 Å². The molecule has 2 saturated carbocycles. The SMILES string of the molecule is CC1(C)C2CCC1(COS(=O)[O-])C(=O)C2. The summed E-state index contributed by atoms with van der Waals surface area (Å²) < 4.78 is 25.5. The fourth-order valence-electron chi connectivity index (χ4n) is 3.26. The lowest BCUT2D eigenvalue weighted by atomic mass is 9.69.